The highest BCUT2D eigenvalue weighted by atomic mass is 35.5. The minimum absolute atomic E-state index is 0.242. The number of nitrogens with one attached hydrogen (secondary N) is 1. The molecular formula is C26H20ClF2N3O. The van der Waals surface area contributed by atoms with E-state index in [9.17, 15) is 13.6 Å². The number of carbonyl (C=O) groups is 1. The maximum Gasteiger partial charge on any atom is 0.322 e. The van der Waals surface area contributed by atoms with Gasteiger partial charge in [-0.3, -0.25) is 0 Å². The normalized spacial score (nSPS) is 14.9. The Morgan fingerprint density at radius 2 is 1.76 bits per heavy atom. The second-order valence-corrected chi connectivity index (χ2v) is 8.47. The second-order valence-electron chi connectivity index (χ2n) is 8.06. The summed E-state index contributed by atoms with van der Waals surface area (Å²) in [4.78, 5) is 15.2. The third-order valence-corrected chi connectivity index (χ3v) is 6.26. The number of fused-ring (bicyclic) bond motifs is 3. The van der Waals surface area contributed by atoms with Gasteiger partial charge in [0, 0.05) is 28.7 Å². The van der Waals surface area contributed by atoms with Crippen LogP contribution >= 0.6 is 11.6 Å². The van der Waals surface area contributed by atoms with E-state index in [1.807, 2.05) is 60.2 Å². The summed E-state index contributed by atoms with van der Waals surface area (Å²) < 4.78 is 30.4. The number of amides is 2. The van der Waals surface area contributed by atoms with Crippen LogP contribution in [0.15, 0.2) is 79.0 Å². The van der Waals surface area contributed by atoms with Crippen LogP contribution < -0.4 is 5.32 Å². The van der Waals surface area contributed by atoms with E-state index in [1.165, 1.54) is 12.1 Å². The molecule has 0 aliphatic carbocycles. The summed E-state index contributed by atoms with van der Waals surface area (Å²) in [5.41, 5.74) is 4.32. The van der Waals surface area contributed by atoms with Gasteiger partial charge in [0.15, 0.2) is 0 Å². The van der Waals surface area contributed by atoms with Gasteiger partial charge in [0.05, 0.1) is 18.3 Å². The zero-order valence-electron chi connectivity index (χ0n) is 17.7. The highest BCUT2D eigenvalue weighted by Crippen LogP contribution is 2.37. The topological polar surface area (TPSA) is 37.3 Å². The molecular weight excluding hydrogens is 444 g/mol. The van der Waals surface area contributed by atoms with Gasteiger partial charge in [0.25, 0.3) is 0 Å². The van der Waals surface area contributed by atoms with Crippen LogP contribution in [0.1, 0.15) is 28.4 Å². The van der Waals surface area contributed by atoms with Crippen LogP contribution in [0.5, 0.6) is 0 Å². The number of para-hydroxylation sites is 1. The number of aromatic nitrogens is 1. The zero-order chi connectivity index (χ0) is 23.1. The molecule has 4 nitrogen and oxygen atoms in total. The lowest BCUT2D eigenvalue weighted by Gasteiger charge is -2.31. The average molecular weight is 464 g/mol. The van der Waals surface area contributed by atoms with E-state index in [-0.39, 0.29) is 6.54 Å². The van der Waals surface area contributed by atoms with Crippen molar-refractivity contribution in [3.05, 3.63) is 118 Å². The molecule has 3 aromatic carbocycles. The molecule has 0 spiro atoms. The highest BCUT2D eigenvalue weighted by molar-refractivity contribution is 6.31. The number of hydrogen-bond donors (Lipinski definition) is 1. The summed E-state index contributed by atoms with van der Waals surface area (Å²) in [6.45, 7) is 2.12. The maximum absolute atomic E-state index is 14.2. The molecule has 0 bridgehead atoms. The smallest absolute Gasteiger partial charge is 0.318 e. The second kappa shape index (κ2) is 8.37. The fourth-order valence-electron chi connectivity index (χ4n) is 4.29. The SMILES string of the molecule is Cc1ccc(NC(=O)N2Cc3ccccc3-n3cccc3C2c2cc(F)cc(F)c2)cc1Cl. The van der Waals surface area contributed by atoms with Gasteiger partial charge in [-0.15, -0.1) is 0 Å². The number of benzene rings is 3. The van der Waals surface area contributed by atoms with Crippen molar-refractivity contribution in [3.63, 3.8) is 0 Å². The first-order chi connectivity index (χ1) is 15.9. The Labute approximate surface area is 195 Å². The van der Waals surface area contributed by atoms with Crippen molar-refractivity contribution in [2.75, 3.05) is 5.32 Å². The molecule has 5 rings (SSSR count). The fourth-order valence-corrected chi connectivity index (χ4v) is 4.47. The molecule has 7 heteroatoms. The van der Waals surface area contributed by atoms with Gasteiger partial charge in [-0.1, -0.05) is 35.9 Å². The van der Waals surface area contributed by atoms with Crippen molar-refractivity contribution in [1.29, 1.82) is 0 Å². The number of aryl methyl sites for hydroxylation is 1. The molecule has 0 saturated heterocycles. The van der Waals surface area contributed by atoms with Crippen molar-refractivity contribution >= 4 is 23.3 Å². The summed E-state index contributed by atoms with van der Waals surface area (Å²) >= 11 is 6.24. The lowest BCUT2D eigenvalue weighted by atomic mass is 10.0. The van der Waals surface area contributed by atoms with Gasteiger partial charge in [-0.25, -0.2) is 13.6 Å². The quantitative estimate of drug-likeness (QED) is 0.346. The minimum Gasteiger partial charge on any atom is -0.318 e. The molecule has 0 radical (unpaired) electrons. The van der Waals surface area contributed by atoms with E-state index >= 15 is 0 Å². The molecule has 1 aliphatic heterocycles. The Bertz CT molecular complexity index is 1350. The largest absolute Gasteiger partial charge is 0.322 e. The molecule has 4 aromatic rings. The van der Waals surface area contributed by atoms with Crippen LogP contribution in [0.4, 0.5) is 19.3 Å². The molecule has 0 fully saturated rings. The van der Waals surface area contributed by atoms with E-state index in [0.717, 1.165) is 28.6 Å². The summed E-state index contributed by atoms with van der Waals surface area (Å²) in [7, 11) is 0. The molecule has 1 atom stereocenters. The Balaban J connectivity index is 1.64. The Kier molecular flexibility index (Phi) is 5.38. The van der Waals surface area contributed by atoms with Gasteiger partial charge in [0.2, 0.25) is 0 Å². The van der Waals surface area contributed by atoms with Crippen molar-refractivity contribution < 1.29 is 13.6 Å². The number of hydrogen-bond acceptors (Lipinski definition) is 1. The highest BCUT2D eigenvalue weighted by Gasteiger charge is 2.33. The molecule has 0 saturated carbocycles. The van der Waals surface area contributed by atoms with Crippen LogP contribution in [-0.4, -0.2) is 15.5 Å². The Morgan fingerprint density at radius 3 is 2.52 bits per heavy atom. The predicted molar refractivity (Wildman–Crippen MR) is 125 cm³/mol. The number of urea groups is 1. The van der Waals surface area contributed by atoms with Crippen LogP contribution in [-0.2, 0) is 6.54 Å². The lowest BCUT2D eigenvalue weighted by Crippen LogP contribution is -2.38. The van der Waals surface area contributed by atoms with Crippen LogP contribution in [0.3, 0.4) is 0 Å². The third-order valence-electron chi connectivity index (χ3n) is 5.85. The van der Waals surface area contributed by atoms with E-state index < -0.39 is 23.7 Å². The number of halogens is 3. The lowest BCUT2D eigenvalue weighted by molar-refractivity contribution is 0.194. The number of nitrogens with zero attached hydrogens (tertiary/aromatic N) is 2. The maximum atomic E-state index is 14.2. The Morgan fingerprint density at radius 1 is 1.00 bits per heavy atom. The fraction of sp³-hybridized carbons (Fsp3) is 0.115. The minimum atomic E-state index is -0.724. The number of carbonyl (C=O) groups excluding carboxylic acids is 1. The van der Waals surface area contributed by atoms with Gasteiger partial charge >= 0.3 is 6.03 Å². The van der Waals surface area contributed by atoms with Crippen LogP contribution in [0.2, 0.25) is 5.02 Å². The van der Waals surface area contributed by atoms with Gasteiger partial charge in [-0.2, -0.15) is 0 Å². The number of rotatable bonds is 2. The summed E-state index contributed by atoms with van der Waals surface area (Å²) in [6.07, 6.45) is 1.89. The van der Waals surface area contributed by atoms with Gasteiger partial charge in [-0.05, 0) is 66.1 Å². The van der Waals surface area contributed by atoms with Crippen molar-refractivity contribution in [2.24, 2.45) is 0 Å². The van der Waals surface area contributed by atoms with Crippen molar-refractivity contribution in [3.8, 4) is 5.69 Å². The summed E-state index contributed by atoms with van der Waals surface area (Å²) in [5, 5.41) is 3.43. The third kappa shape index (κ3) is 3.98. The molecule has 166 valence electrons. The van der Waals surface area contributed by atoms with E-state index in [0.29, 0.717) is 16.3 Å². The van der Waals surface area contributed by atoms with Gasteiger partial charge < -0.3 is 14.8 Å². The number of anilines is 1. The molecule has 1 N–H and O–H groups in total. The zero-order valence-corrected chi connectivity index (χ0v) is 18.5. The van der Waals surface area contributed by atoms with E-state index in [2.05, 4.69) is 5.32 Å². The monoisotopic (exact) mass is 463 g/mol. The van der Waals surface area contributed by atoms with Crippen LogP contribution in [0.25, 0.3) is 5.69 Å². The molecule has 1 aliphatic rings. The first-order valence-electron chi connectivity index (χ1n) is 10.5. The molecule has 1 aromatic heterocycles. The standard InChI is InChI=1S/C26H20ClF2N3O/c1-16-8-9-21(14-22(16)27)30-26(33)32-15-17-5-2-3-6-23(17)31-10-4-7-24(31)25(32)18-11-19(28)13-20(29)12-18/h2-14,25H,15H2,1H3,(H,30,33). The predicted octanol–water partition coefficient (Wildman–Crippen LogP) is 6.85. The van der Waals surface area contributed by atoms with Gasteiger partial charge in [0.1, 0.15) is 11.6 Å². The molecule has 2 amide bonds. The first-order valence-corrected chi connectivity index (χ1v) is 10.8. The molecule has 2 heterocycles. The van der Waals surface area contributed by atoms with E-state index in [4.69, 9.17) is 11.6 Å². The summed E-state index contributed by atoms with van der Waals surface area (Å²) in [6, 6.07) is 18.9. The molecule has 33 heavy (non-hydrogen) atoms. The first kappa shape index (κ1) is 21.2. The Hall–Kier alpha value is -3.64. The van der Waals surface area contributed by atoms with Crippen LogP contribution in [0, 0.1) is 18.6 Å². The van der Waals surface area contributed by atoms with Crippen molar-refractivity contribution in [1.82, 2.24) is 9.47 Å². The van der Waals surface area contributed by atoms with Crippen molar-refractivity contribution in [2.45, 2.75) is 19.5 Å². The molecule has 1 unspecified atom stereocenters. The van der Waals surface area contributed by atoms with E-state index in [1.54, 1.807) is 17.0 Å². The average Bonchev–Trinajstić information content (AvgIpc) is 3.19. The summed E-state index contributed by atoms with van der Waals surface area (Å²) in [5.74, 6) is -1.40.